The third-order valence-electron chi connectivity index (χ3n) is 3.88. The number of morpholine rings is 1. The molecule has 2 heterocycles. The van der Waals surface area contributed by atoms with Gasteiger partial charge in [-0.15, -0.1) is 0 Å². The van der Waals surface area contributed by atoms with E-state index in [1.54, 1.807) is 18.3 Å². The first-order valence-electron chi connectivity index (χ1n) is 7.44. The van der Waals surface area contributed by atoms with Crippen molar-refractivity contribution >= 4 is 5.91 Å². The van der Waals surface area contributed by atoms with Crippen LogP contribution in [0.15, 0.2) is 48.8 Å². The minimum Gasteiger partial charge on any atom is -0.370 e. The molecule has 1 aromatic carbocycles. The number of ether oxygens (including phenoxy) is 1. The van der Waals surface area contributed by atoms with Gasteiger partial charge >= 0.3 is 6.18 Å². The third kappa shape index (κ3) is 3.41. The van der Waals surface area contributed by atoms with Crippen molar-refractivity contribution in [1.82, 2.24) is 9.88 Å². The molecule has 24 heavy (non-hydrogen) atoms. The van der Waals surface area contributed by atoms with Crippen LogP contribution in [0.1, 0.15) is 27.6 Å². The van der Waals surface area contributed by atoms with Crippen LogP contribution in [0.3, 0.4) is 0 Å². The standard InChI is InChI=1S/C17H15F3N2O2/c18-17(19,20)14-6-2-1-5-13(14)15-11-22(8-9-24-15)16(23)12-4-3-7-21-10-12/h1-7,10,15H,8-9,11H2. The number of aromatic nitrogens is 1. The zero-order valence-corrected chi connectivity index (χ0v) is 12.7. The van der Waals surface area contributed by atoms with Gasteiger partial charge in [0.05, 0.1) is 24.3 Å². The van der Waals surface area contributed by atoms with Crippen molar-refractivity contribution in [3.63, 3.8) is 0 Å². The molecule has 0 saturated carbocycles. The first-order valence-corrected chi connectivity index (χ1v) is 7.44. The molecule has 0 bridgehead atoms. The summed E-state index contributed by atoms with van der Waals surface area (Å²) in [6, 6.07) is 8.57. The van der Waals surface area contributed by atoms with E-state index in [0.29, 0.717) is 12.1 Å². The largest absolute Gasteiger partial charge is 0.416 e. The van der Waals surface area contributed by atoms with Crippen molar-refractivity contribution in [1.29, 1.82) is 0 Å². The summed E-state index contributed by atoms with van der Waals surface area (Å²) in [5.41, 5.74) is -0.276. The number of rotatable bonds is 2. The summed E-state index contributed by atoms with van der Waals surface area (Å²) < 4.78 is 45.0. The van der Waals surface area contributed by atoms with E-state index in [9.17, 15) is 18.0 Å². The highest BCUT2D eigenvalue weighted by molar-refractivity contribution is 5.93. The number of nitrogens with zero attached hydrogens (tertiary/aromatic N) is 2. The maximum absolute atomic E-state index is 13.2. The van der Waals surface area contributed by atoms with Crippen LogP contribution >= 0.6 is 0 Å². The van der Waals surface area contributed by atoms with Crippen molar-refractivity contribution in [2.75, 3.05) is 19.7 Å². The average molecular weight is 336 g/mol. The summed E-state index contributed by atoms with van der Waals surface area (Å²) >= 11 is 0. The molecule has 4 nitrogen and oxygen atoms in total. The van der Waals surface area contributed by atoms with Gasteiger partial charge in [-0.3, -0.25) is 9.78 Å². The Morgan fingerprint density at radius 1 is 1.21 bits per heavy atom. The highest BCUT2D eigenvalue weighted by atomic mass is 19.4. The van der Waals surface area contributed by atoms with Crippen LogP contribution in [-0.2, 0) is 10.9 Å². The zero-order valence-electron chi connectivity index (χ0n) is 12.7. The summed E-state index contributed by atoms with van der Waals surface area (Å²) in [5.74, 6) is -0.263. The van der Waals surface area contributed by atoms with Crippen LogP contribution in [0.5, 0.6) is 0 Å². The number of alkyl halides is 3. The molecule has 2 aromatic rings. The van der Waals surface area contributed by atoms with Gasteiger partial charge in [-0.2, -0.15) is 13.2 Å². The molecule has 3 rings (SSSR count). The fraction of sp³-hybridized carbons (Fsp3) is 0.294. The molecule has 7 heteroatoms. The molecule has 126 valence electrons. The molecular formula is C17H15F3N2O2. The Morgan fingerprint density at radius 3 is 2.71 bits per heavy atom. The molecule has 1 saturated heterocycles. The van der Waals surface area contributed by atoms with Crippen LogP contribution in [0.25, 0.3) is 0 Å². The first-order chi connectivity index (χ1) is 11.5. The molecule has 1 fully saturated rings. The number of carbonyl (C=O) groups excluding carboxylic acids is 1. The number of pyridine rings is 1. The van der Waals surface area contributed by atoms with Gasteiger partial charge in [-0.05, 0) is 23.8 Å². The minimum absolute atomic E-state index is 0.0497. The topological polar surface area (TPSA) is 42.4 Å². The first kappa shape index (κ1) is 16.4. The van der Waals surface area contributed by atoms with Crippen LogP contribution < -0.4 is 0 Å². The SMILES string of the molecule is O=C(c1cccnc1)N1CCOC(c2ccccc2C(F)(F)F)C1. The molecule has 1 aromatic heterocycles. The molecule has 1 aliphatic heterocycles. The molecular weight excluding hydrogens is 321 g/mol. The summed E-state index contributed by atoms with van der Waals surface area (Å²) in [7, 11) is 0. The van der Waals surface area contributed by atoms with Crippen molar-refractivity contribution in [3.05, 3.63) is 65.5 Å². The van der Waals surface area contributed by atoms with Crippen molar-refractivity contribution in [2.45, 2.75) is 12.3 Å². The Balaban J connectivity index is 1.83. The van der Waals surface area contributed by atoms with Crippen molar-refractivity contribution < 1.29 is 22.7 Å². The second-order valence-electron chi connectivity index (χ2n) is 5.44. The van der Waals surface area contributed by atoms with E-state index >= 15 is 0 Å². The molecule has 0 radical (unpaired) electrons. The monoisotopic (exact) mass is 336 g/mol. The summed E-state index contributed by atoms with van der Waals surface area (Å²) in [5, 5.41) is 0. The predicted octanol–water partition coefficient (Wildman–Crippen LogP) is 3.31. The van der Waals surface area contributed by atoms with Gasteiger partial charge in [-0.25, -0.2) is 0 Å². The fourth-order valence-electron chi connectivity index (χ4n) is 2.73. The average Bonchev–Trinajstić information content (AvgIpc) is 2.61. The maximum Gasteiger partial charge on any atom is 0.416 e. The molecule has 0 aliphatic carbocycles. The quantitative estimate of drug-likeness (QED) is 0.845. The smallest absolute Gasteiger partial charge is 0.370 e. The second kappa shape index (κ2) is 6.60. The van der Waals surface area contributed by atoms with E-state index in [1.807, 2.05) is 0 Å². The Morgan fingerprint density at radius 2 is 2.00 bits per heavy atom. The van der Waals surface area contributed by atoms with E-state index < -0.39 is 17.8 Å². The number of halogens is 3. The van der Waals surface area contributed by atoms with Gasteiger partial charge in [0.25, 0.3) is 5.91 Å². The van der Waals surface area contributed by atoms with E-state index in [2.05, 4.69) is 4.98 Å². The minimum atomic E-state index is -4.46. The lowest BCUT2D eigenvalue weighted by Crippen LogP contribution is -2.42. The molecule has 0 spiro atoms. The number of hydrogen-bond acceptors (Lipinski definition) is 3. The van der Waals surface area contributed by atoms with Crippen molar-refractivity contribution in [3.8, 4) is 0 Å². The Labute approximate surface area is 136 Å². The van der Waals surface area contributed by atoms with Gasteiger partial charge in [0, 0.05) is 18.9 Å². The third-order valence-corrected chi connectivity index (χ3v) is 3.88. The summed E-state index contributed by atoms with van der Waals surface area (Å²) in [4.78, 5) is 17.9. The highest BCUT2D eigenvalue weighted by Gasteiger charge is 2.37. The number of benzene rings is 1. The van der Waals surface area contributed by atoms with E-state index in [4.69, 9.17) is 4.74 Å². The maximum atomic E-state index is 13.2. The number of hydrogen-bond donors (Lipinski definition) is 0. The van der Waals surface area contributed by atoms with E-state index in [-0.39, 0.29) is 24.6 Å². The van der Waals surface area contributed by atoms with Gasteiger partial charge < -0.3 is 9.64 Å². The lowest BCUT2D eigenvalue weighted by atomic mass is 10.0. The normalized spacial score (nSPS) is 18.5. The molecule has 1 aliphatic rings. The van der Waals surface area contributed by atoms with Crippen molar-refractivity contribution in [2.24, 2.45) is 0 Å². The lowest BCUT2D eigenvalue weighted by molar-refractivity contribution is -0.140. The predicted molar refractivity (Wildman–Crippen MR) is 80.3 cm³/mol. The van der Waals surface area contributed by atoms with Gasteiger partial charge in [-0.1, -0.05) is 18.2 Å². The molecule has 1 amide bonds. The van der Waals surface area contributed by atoms with Gasteiger partial charge in [0.1, 0.15) is 6.10 Å². The van der Waals surface area contributed by atoms with Gasteiger partial charge in [0.2, 0.25) is 0 Å². The van der Waals surface area contributed by atoms with E-state index in [1.165, 1.54) is 29.3 Å². The van der Waals surface area contributed by atoms with Crippen LogP contribution in [0.4, 0.5) is 13.2 Å². The Bertz CT molecular complexity index is 719. The molecule has 1 atom stereocenters. The molecule has 1 unspecified atom stereocenters. The lowest BCUT2D eigenvalue weighted by Gasteiger charge is -2.34. The number of carbonyl (C=O) groups is 1. The van der Waals surface area contributed by atoms with Crippen LogP contribution in [0.2, 0.25) is 0 Å². The van der Waals surface area contributed by atoms with Crippen LogP contribution in [0, 0.1) is 0 Å². The Kier molecular flexibility index (Phi) is 4.53. The van der Waals surface area contributed by atoms with Crippen LogP contribution in [-0.4, -0.2) is 35.5 Å². The number of amides is 1. The fourth-order valence-corrected chi connectivity index (χ4v) is 2.73. The summed E-state index contributed by atoms with van der Waals surface area (Å²) in [6.45, 7) is 0.585. The summed E-state index contributed by atoms with van der Waals surface area (Å²) in [6.07, 6.45) is -2.28. The Hall–Kier alpha value is -2.41. The highest BCUT2D eigenvalue weighted by Crippen LogP contribution is 2.36. The zero-order chi connectivity index (χ0) is 17.2. The molecule has 0 N–H and O–H groups in total. The van der Waals surface area contributed by atoms with Gasteiger partial charge in [0.15, 0.2) is 0 Å². The van der Waals surface area contributed by atoms with E-state index in [0.717, 1.165) is 6.07 Å². The second-order valence-corrected chi connectivity index (χ2v) is 5.44.